The molecule has 0 aliphatic heterocycles. The largest absolute Gasteiger partial charge is 0.480 e. The first-order chi connectivity index (χ1) is 8.43. The van der Waals surface area contributed by atoms with Crippen LogP contribution in [0.25, 0.3) is 0 Å². The van der Waals surface area contributed by atoms with Crippen LogP contribution in [-0.2, 0) is 4.79 Å². The van der Waals surface area contributed by atoms with Crippen LogP contribution < -0.4 is 5.32 Å². The quantitative estimate of drug-likeness (QED) is 0.875. The van der Waals surface area contributed by atoms with Gasteiger partial charge in [-0.1, -0.05) is 13.8 Å². The maximum Gasteiger partial charge on any atom is 0.326 e. The highest BCUT2D eigenvalue weighted by Gasteiger charge is 2.18. The van der Waals surface area contributed by atoms with Gasteiger partial charge in [0, 0.05) is 10.2 Å². The molecule has 4 nitrogen and oxygen atoms in total. The molecule has 0 spiro atoms. The van der Waals surface area contributed by atoms with E-state index in [0.29, 0.717) is 28.1 Å². The van der Waals surface area contributed by atoms with Gasteiger partial charge in [0.05, 0.1) is 5.56 Å². The molecule has 0 aliphatic rings. The average molecular weight is 311 g/mol. The Morgan fingerprint density at radius 1 is 1.56 bits per heavy atom. The highest BCUT2D eigenvalue weighted by molar-refractivity contribution is 9.10. The molecule has 0 saturated heterocycles. The lowest BCUT2D eigenvalue weighted by molar-refractivity contribution is -0.138. The second kappa shape index (κ2) is 6.41. The number of hydrogen-bond acceptors (Lipinski definition) is 3. The van der Waals surface area contributed by atoms with Crippen molar-refractivity contribution in [1.82, 2.24) is 0 Å². The number of nitrogens with one attached hydrogen (secondary N) is 1. The molecule has 18 heavy (non-hydrogen) atoms. The molecule has 1 atom stereocenters. The fraction of sp³-hybridized carbons (Fsp3) is 0.385. The molecular formula is C13H15BrN2O2. The zero-order valence-electron chi connectivity index (χ0n) is 10.3. The van der Waals surface area contributed by atoms with E-state index in [-0.39, 0.29) is 0 Å². The number of carbonyl (C=O) groups is 1. The molecule has 1 aromatic carbocycles. The first-order valence-corrected chi connectivity index (χ1v) is 6.42. The molecular weight excluding hydrogens is 296 g/mol. The number of carboxylic acids is 1. The molecule has 96 valence electrons. The summed E-state index contributed by atoms with van der Waals surface area (Å²) in [7, 11) is 0. The summed E-state index contributed by atoms with van der Waals surface area (Å²) in [6.07, 6.45) is 0.549. The minimum atomic E-state index is -0.871. The molecule has 5 heteroatoms. The number of anilines is 1. The molecule has 0 heterocycles. The Morgan fingerprint density at radius 2 is 2.22 bits per heavy atom. The van der Waals surface area contributed by atoms with E-state index in [2.05, 4.69) is 21.2 Å². The van der Waals surface area contributed by atoms with Crippen LogP contribution in [0.1, 0.15) is 25.8 Å². The Kier molecular flexibility index (Phi) is 5.17. The fourth-order valence-corrected chi connectivity index (χ4v) is 2.06. The van der Waals surface area contributed by atoms with Gasteiger partial charge in [0.15, 0.2) is 0 Å². The van der Waals surface area contributed by atoms with Crippen LogP contribution >= 0.6 is 15.9 Å². The Balaban J connectivity index is 2.85. The van der Waals surface area contributed by atoms with E-state index in [1.807, 2.05) is 19.9 Å². The number of hydrogen-bond donors (Lipinski definition) is 2. The Bertz CT molecular complexity index is 480. The van der Waals surface area contributed by atoms with Gasteiger partial charge in [0.2, 0.25) is 0 Å². The zero-order chi connectivity index (χ0) is 13.7. The van der Waals surface area contributed by atoms with Crippen molar-refractivity contribution in [1.29, 1.82) is 5.26 Å². The predicted octanol–water partition coefficient (Wildman–Crippen LogP) is 3.23. The standard InChI is InChI=1S/C13H15BrN2O2/c1-8(2)5-12(13(17)18)16-10-4-3-9(7-15)11(14)6-10/h3-4,6,8,12,16H,5H2,1-2H3,(H,17,18)/t12-/m1/s1. The van der Waals surface area contributed by atoms with Gasteiger partial charge in [-0.2, -0.15) is 5.26 Å². The second-order valence-electron chi connectivity index (χ2n) is 4.47. The smallest absolute Gasteiger partial charge is 0.326 e. The topological polar surface area (TPSA) is 73.1 Å². The van der Waals surface area contributed by atoms with Gasteiger partial charge < -0.3 is 10.4 Å². The minimum Gasteiger partial charge on any atom is -0.480 e. The molecule has 0 amide bonds. The Morgan fingerprint density at radius 3 is 2.67 bits per heavy atom. The van der Waals surface area contributed by atoms with Crippen molar-refractivity contribution in [3.8, 4) is 6.07 Å². The molecule has 0 aromatic heterocycles. The van der Waals surface area contributed by atoms with Crippen molar-refractivity contribution in [2.24, 2.45) is 5.92 Å². The molecule has 0 fully saturated rings. The molecule has 0 saturated carbocycles. The van der Waals surface area contributed by atoms with E-state index in [4.69, 9.17) is 10.4 Å². The third-order valence-corrected chi connectivity index (χ3v) is 3.09. The molecule has 0 unspecified atom stereocenters. The molecule has 1 aromatic rings. The van der Waals surface area contributed by atoms with Crippen LogP contribution in [0, 0.1) is 17.2 Å². The van der Waals surface area contributed by atoms with Crippen LogP contribution in [0.3, 0.4) is 0 Å². The van der Waals surface area contributed by atoms with E-state index < -0.39 is 12.0 Å². The first kappa shape index (κ1) is 14.5. The maximum atomic E-state index is 11.1. The average Bonchev–Trinajstić information content (AvgIpc) is 2.27. The normalized spacial score (nSPS) is 11.9. The lowest BCUT2D eigenvalue weighted by atomic mass is 10.0. The van der Waals surface area contributed by atoms with Crippen LogP contribution in [0.15, 0.2) is 22.7 Å². The number of aliphatic carboxylic acids is 1. The summed E-state index contributed by atoms with van der Waals surface area (Å²) >= 11 is 3.28. The number of nitriles is 1. The summed E-state index contributed by atoms with van der Waals surface area (Å²) in [5, 5.41) is 20.9. The van der Waals surface area contributed by atoms with E-state index in [0.717, 1.165) is 0 Å². The van der Waals surface area contributed by atoms with Gasteiger partial charge in [-0.25, -0.2) is 4.79 Å². The Labute approximate surface area is 115 Å². The molecule has 0 bridgehead atoms. The predicted molar refractivity (Wildman–Crippen MR) is 73.4 cm³/mol. The lowest BCUT2D eigenvalue weighted by Gasteiger charge is -2.17. The molecule has 2 N–H and O–H groups in total. The van der Waals surface area contributed by atoms with Gasteiger partial charge >= 0.3 is 5.97 Å². The van der Waals surface area contributed by atoms with Crippen LogP contribution in [0.2, 0.25) is 0 Å². The molecule has 1 rings (SSSR count). The van der Waals surface area contributed by atoms with Gasteiger partial charge in [0.25, 0.3) is 0 Å². The van der Waals surface area contributed by atoms with E-state index in [9.17, 15) is 4.79 Å². The van der Waals surface area contributed by atoms with Gasteiger partial charge in [-0.05, 0) is 46.5 Å². The summed E-state index contributed by atoms with van der Waals surface area (Å²) in [5.74, 6) is -0.579. The summed E-state index contributed by atoms with van der Waals surface area (Å²) in [4.78, 5) is 11.1. The van der Waals surface area contributed by atoms with Crippen molar-refractivity contribution in [2.75, 3.05) is 5.32 Å². The lowest BCUT2D eigenvalue weighted by Crippen LogP contribution is -2.30. The van der Waals surface area contributed by atoms with Crippen molar-refractivity contribution >= 4 is 27.6 Å². The van der Waals surface area contributed by atoms with E-state index in [1.165, 1.54) is 0 Å². The van der Waals surface area contributed by atoms with E-state index >= 15 is 0 Å². The van der Waals surface area contributed by atoms with E-state index in [1.54, 1.807) is 18.2 Å². The van der Waals surface area contributed by atoms with Crippen LogP contribution in [0.5, 0.6) is 0 Å². The number of halogens is 1. The van der Waals surface area contributed by atoms with Crippen molar-refractivity contribution < 1.29 is 9.90 Å². The number of benzene rings is 1. The van der Waals surface area contributed by atoms with Crippen molar-refractivity contribution in [2.45, 2.75) is 26.3 Å². The van der Waals surface area contributed by atoms with Crippen LogP contribution in [0.4, 0.5) is 5.69 Å². The highest BCUT2D eigenvalue weighted by Crippen LogP contribution is 2.22. The summed E-state index contributed by atoms with van der Waals surface area (Å²) in [6.45, 7) is 3.96. The highest BCUT2D eigenvalue weighted by atomic mass is 79.9. The van der Waals surface area contributed by atoms with Gasteiger partial charge in [0.1, 0.15) is 12.1 Å². The molecule has 0 aliphatic carbocycles. The fourth-order valence-electron chi connectivity index (χ4n) is 1.59. The summed E-state index contributed by atoms with van der Waals surface area (Å²) in [6, 6.07) is 6.50. The first-order valence-electron chi connectivity index (χ1n) is 5.63. The summed E-state index contributed by atoms with van der Waals surface area (Å²) < 4.78 is 0.656. The Hall–Kier alpha value is -1.54. The molecule has 0 radical (unpaired) electrons. The van der Waals surface area contributed by atoms with Gasteiger partial charge in [-0.3, -0.25) is 0 Å². The van der Waals surface area contributed by atoms with Crippen LogP contribution in [-0.4, -0.2) is 17.1 Å². The number of nitrogens with zero attached hydrogens (tertiary/aromatic N) is 1. The maximum absolute atomic E-state index is 11.1. The SMILES string of the molecule is CC(C)C[C@@H](Nc1ccc(C#N)c(Br)c1)C(=O)O. The van der Waals surface area contributed by atoms with Crippen molar-refractivity contribution in [3.05, 3.63) is 28.2 Å². The van der Waals surface area contributed by atoms with Gasteiger partial charge in [-0.15, -0.1) is 0 Å². The summed E-state index contributed by atoms with van der Waals surface area (Å²) in [5.41, 5.74) is 1.21. The number of rotatable bonds is 5. The zero-order valence-corrected chi connectivity index (χ0v) is 11.9. The third-order valence-electron chi connectivity index (χ3n) is 2.44. The third kappa shape index (κ3) is 4.04. The monoisotopic (exact) mass is 310 g/mol. The number of carboxylic acid groups (broad SMARTS) is 1. The minimum absolute atomic E-state index is 0.292. The van der Waals surface area contributed by atoms with Crippen molar-refractivity contribution in [3.63, 3.8) is 0 Å². The second-order valence-corrected chi connectivity index (χ2v) is 5.33.